The van der Waals surface area contributed by atoms with Crippen molar-refractivity contribution in [3.05, 3.63) is 21.9 Å². The summed E-state index contributed by atoms with van der Waals surface area (Å²) in [6, 6.07) is 2.13. The molecule has 0 atom stereocenters. The third-order valence-electron chi connectivity index (χ3n) is 1.94. The first-order valence-corrected chi connectivity index (χ1v) is 5.38. The number of rotatable bonds is 5. The Morgan fingerprint density at radius 3 is 3.14 bits per heavy atom. The Hall–Kier alpha value is -1.07. The van der Waals surface area contributed by atoms with Crippen LogP contribution in [0.3, 0.4) is 0 Å². The average Bonchev–Trinajstić information content (AvgIpc) is 2.65. The highest BCUT2D eigenvalue weighted by molar-refractivity contribution is 7.10. The summed E-state index contributed by atoms with van der Waals surface area (Å²) >= 11 is 1.73. The number of nitrogens with zero attached hydrogens (tertiary/aromatic N) is 1. The second-order valence-corrected chi connectivity index (χ2v) is 3.92. The summed E-state index contributed by atoms with van der Waals surface area (Å²) in [5.41, 5.74) is 6.69. The SMILES string of the molecule is CCc1ccsc1CNCC(N)=NO. The molecule has 4 N–H and O–H groups in total. The smallest absolute Gasteiger partial charge is 0.153 e. The van der Waals surface area contributed by atoms with Crippen LogP contribution in [-0.2, 0) is 13.0 Å². The molecule has 0 aliphatic heterocycles. The van der Waals surface area contributed by atoms with Crippen molar-refractivity contribution in [3.63, 3.8) is 0 Å². The summed E-state index contributed by atoms with van der Waals surface area (Å²) in [6.07, 6.45) is 1.05. The molecule has 1 rings (SSSR count). The minimum Gasteiger partial charge on any atom is -0.409 e. The quantitative estimate of drug-likeness (QED) is 0.297. The zero-order chi connectivity index (χ0) is 10.4. The van der Waals surface area contributed by atoms with E-state index in [2.05, 4.69) is 28.8 Å². The van der Waals surface area contributed by atoms with Gasteiger partial charge < -0.3 is 16.3 Å². The van der Waals surface area contributed by atoms with Gasteiger partial charge in [0.2, 0.25) is 0 Å². The van der Waals surface area contributed by atoms with Gasteiger partial charge in [0.25, 0.3) is 0 Å². The van der Waals surface area contributed by atoms with Crippen LogP contribution >= 0.6 is 11.3 Å². The second-order valence-electron chi connectivity index (χ2n) is 2.92. The Kier molecular flexibility index (Phi) is 4.42. The largest absolute Gasteiger partial charge is 0.409 e. The highest BCUT2D eigenvalue weighted by atomic mass is 32.1. The topological polar surface area (TPSA) is 70.6 Å². The van der Waals surface area contributed by atoms with Crippen LogP contribution in [0.15, 0.2) is 16.6 Å². The van der Waals surface area contributed by atoms with Crippen LogP contribution in [0.2, 0.25) is 0 Å². The molecule has 1 heterocycles. The van der Waals surface area contributed by atoms with Crippen molar-refractivity contribution in [3.8, 4) is 0 Å². The highest BCUT2D eigenvalue weighted by Gasteiger charge is 2.01. The average molecular weight is 213 g/mol. The van der Waals surface area contributed by atoms with Gasteiger partial charge in [-0.25, -0.2) is 0 Å². The van der Waals surface area contributed by atoms with E-state index in [9.17, 15) is 0 Å². The minimum absolute atomic E-state index is 0.208. The Labute approximate surface area is 87.4 Å². The molecular weight excluding hydrogens is 198 g/mol. The van der Waals surface area contributed by atoms with E-state index in [1.807, 2.05) is 0 Å². The van der Waals surface area contributed by atoms with Gasteiger partial charge in [-0.3, -0.25) is 0 Å². The molecule has 0 aromatic carbocycles. The molecule has 1 aromatic heterocycles. The van der Waals surface area contributed by atoms with Gasteiger partial charge in [0.1, 0.15) is 0 Å². The summed E-state index contributed by atoms with van der Waals surface area (Å²) in [7, 11) is 0. The summed E-state index contributed by atoms with van der Waals surface area (Å²) in [4.78, 5) is 1.32. The molecule has 0 unspecified atom stereocenters. The minimum atomic E-state index is 0.208. The maximum absolute atomic E-state index is 8.32. The maximum atomic E-state index is 8.32. The van der Waals surface area contributed by atoms with Gasteiger partial charge in [0, 0.05) is 11.4 Å². The molecule has 78 valence electrons. The number of nitrogens with two attached hydrogens (primary N) is 1. The summed E-state index contributed by atoms with van der Waals surface area (Å²) in [6.45, 7) is 3.32. The summed E-state index contributed by atoms with van der Waals surface area (Å²) in [5, 5.41) is 16.4. The molecule has 0 amide bonds. The van der Waals surface area contributed by atoms with Gasteiger partial charge in [-0.15, -0.1) is 11.3 Å². The van der Waals surface area contributed by atoms with Crippen molar-refractivity contribution in [2.24, 2.45) is 10.9 Å². The van der Waals surface area contributed by atoms with Crippen LogP contribution in [0.4, 0.5) is 0 Å². The Bertz CT molecular complexity index is 309. The standard InChI is InChI=1S/C9H15N3OS/c1-2-7-3-4-14-8(7)5-11-6-9(10)12-13/h3-4,11,13H,2,5-6H2,1H3,(H2,10,12). The first-order chi connectivity index (χ1) is 6.77. The van der Waals surface area contributed by atoms with E-state index >= 15 is 0 Å². The fourth-order valence-corrected chi connectivity index (χ4v) is 2.12. The van der Waals surface area contributed by atoms with E-state index in [1.54, 1.807) is 11.3 Å². The Balaban J connectivity index is 2.38. The van der Waals surface area contributed by atoms with Gasteiger partial charge >= 0.3 is 0 Å². The highest BCUT2D eigenvalue weighted by Crippen LogP contribution is 2.16. The molecule has 4 nitrogen and oxygen atoms in total. The molecule has 5 heteroatoms. The molecule has 0 radical (unpaired) electrons. The van der Waals surface area contributed by atoms with Crippen molar-refractivity contribution in [1.29, 1.82) is 0 Å². The normalized spacial score (nSPS) is 11.9. The predicted octanol–water partition coefficient (Wildman–Crippen LogP) is 1.15. The molecule has 0 aliphatic rings. The third-order valence-corrected chi connectivity index (χ3v) is 2.90. The molecule has 1 aromatic rings. The molecule has 0 bridgehead atoms. The van der Waals surface area contributed by atoms with Crippen LogP contribution in [-0.4, -0.2) is 17.6 Å². The van der Waals surface area contributed by atoms with Crippen molar-refractivity contribution >= 4 is 17.2 Å². The second kappa shape index (κ2) is 5.62. The molecule has 0 saturated heterocycles. The predicted molar refractivity (Wildman–Crippen MR) is 58.8 cm³/mol. The van der Waals surface area contributed by atoms with Crippen LogP contribution in [0.1, 0.15) is 17.4 Å². The fraction of sp³-hybridized carbons (Fsp3) is 0.444. The lowest BCUT2D eigenvalue weighted by Crippen LogP contribution is -2.28. The van der Waals surface area contributed by atoms with Crippen molar-refractivity contribution in [1.82, 2.24) is 5.32 Å². The van der Waals surface area contributed by atoms with Crippen LogP contribution in [0, 0.1) is 0 Å². The van der Waals surface area contributed by atoms with Crippen LogP contribution in [0.25, 0.3) is 0 Å². The zero-order valence-electron chi connectivity index (χ0n) is 8.16. The van der Waals surface area contributed by atoms with E-state index in [1.165, 1.54) is 10.4 Å². The lowest BCUT2D eigenvalue weighted by atomic mass is 10.2. The summed E-state index contributed by atoms with van der Waals surface area (Å²) < 4.78 is 0. The molecule has 0 spiro atoms. The third kappa shape index (κ3) is 3.01. The van der Waals surface area contributed by atoms with Crippen molar-refractivity contribution in [2.75, 3.05) is 6.54 Å². The number of amidine groups is 1. The number of hydrogen-bond donors (Lipinski definition) is 3. The lowest BCUT2D eigenvalue weighted by Gasteiger charge is -2.03. The van der Waals surface area contributed by atoms with Crippen molar-refractivity contribution < 1.29 is 5.21 Å². The van der Waals surface area contributed by atoms with Gasteiger partial charge in [-0.05, 0) is 23.4 Å². The first kappa shape index (κ1) is 11.0. The van der Waals surface area contributed by atoms with E-state index in [-0.39, 0.29) is 5.84 Å². The van der Waals surface area contributed by atoms with E-state index in [0.717, 1.165) is 13.0 Å². The van der Waals surface area contributed by atoms with Crippen LogP contribution in [0.5, 0.6) is 0 Å². The maximum Gasteiger partial charge on any atom is 0.153 e. The number of nitrogens with one attached hydrogen (secondary N) is 1. The van der Waals surface area contributed by atoms with E-state index in [0.29, 0.717) is 6.54 Å². The van der Waals surface area contributed by atoms with Gasteiger partial charge in [0.05, 0.1) is 6.54 Å². The molecule has 0 fully saturated rings. The monoisotopic (exact) mass is 213 g/mol. The molecule has 0 saturated carbocycles. The fourth-order valence-electron chi connectivity index (χ4n) is 1.18. The molecular formula is C9H15N3OS. The number of aryl methyl sites for hydroxylation is 1. The summed E-state index contributed by atoms with van der Waals surface area (Å²) in [5.74, 6) is 0.208. The Morgan fingerprint density at radius 1 is 1.71 bits per heavy atom. The lowest BCUT2D eigenvalue weighted by molar-refractivity contribution is 0.317. The molecule has 0 aliphatic carbocycles. The van der Waals surface area contributed by atoms with Gasteiger partial charge in [0.15, 0.2) is 5.84 Å². The van der Waals surface area contributed by atoms with E-state index in [4.69, 9.17) is 10.9 Å². The molecule has 14 heavy (non-hydrogen) atoms. The van der Waals surface area contributed by atoms with Crippen molar-refractivity contribution in [2.45, 2.75) is 19.9 Å². The first-order valence-electron chi connectivity index (χ1n) is 4.50. The van der Waals surface area contributed by atoms with E-state index < -0.39 is 0 Å². The van der Waals surface area contributed by atoms with Crippen LogP contribution < -0.4 is 11.1 Å². The van der Waals surface area contributed by atoms with Gasteiger partial charge in [-0.2, -0.15) is 0 Å². The number of oxime groups is 1. The number of hydrogen-bond acceptors (Lipinski definition) is 4. The zero-order valence-corrected chi connectivity index (χ0v) is 8.97. The Morgan fingerprint density at radius 2 is 2.50 bits per heavy atom. The van der Waals surface area contributed by atoms with Gasteiger partial charge in [-0.1, -0.05) is 12.1 Å². The number of thiophene rings is 1.